The summed E-state index contributed by atoms with van der Waals surface area (Å²) in [7, 11) is 3.13. The first kappa shape index (κ1) is 20.9. The molecule has 1 amide bonds. The Morgan fingerprint density at radius 2 is 1.87 bits per heavy atom. The molecule has 7 nitrogen and oxygen atoms in total. The Balaban J connectivity index is 1.72. The number of aromatic nitrogens is 2. The highest BCUT2D eigenvalue weighted by Gasteiger charge is 2.27. The fourth-order valence-corrected chi connectivity index (χ4v) is 4.29. The monoisotopic (exact) mass is 421 g/mol. The third kappa shape index (κ3) is 4.40. The molecule has 1 aliphatic rings. The molecule has 1 saturated carbocycles. The Morgan fingerprint density at radius 1 is 1.13 bits per heavy atom. The van der Waals surface area contributed by atoms with Gasteiger partial charge >= 0.3 is 0 Å². The molecule has 4 rings (SSSR count). The lowest BCUT2D eigenvalue weighted by Gasteiger charge is -2.34. The number of hydrogen-bond donors (Lipinski definition) is 1. The number of carbonyl (C=O) groups is 1. The highest BCUT2D eigenvalue weighted by Crippen LogP contribution is 2.31. The summed E-state index contributed by atoms with van der Waals surface area (Å²) < 4.78 is 10.7. The van der Waals surface area contributed by atoms with Crippen LogP contribution in [0.4, 0.5) is 0 Å². The van der Waals surface area contributed by atoms with E-state index in [1.165, 1.54) is 6.42 Å². The molecule has 1 N–H and O–H groups in total. The first-order valence-electron chi connectivity index (χ1n) is 10.6. The van der Waals surface area contributed by atoms with Crippen molar-refractivity contribution >= 4 is 16.8 Å². The lowest BCUT2D eigenvalue weighted by molar-refractivity contribution is 0.0613. The second-order valence-electron chi connectivity index (χ2n) is 7.88. The second-order valence-corrected chi connectivity index (χ2v) is 7.88. The minimum Gasteiger partial charge on any atom is -0.493 e. The number of carbonyl (C=O) groups excluding carboxylic acids is 1. The first-order chi connectivity index (χ1) is 15.1. The van der Waals surface area contributed by atoms with E-state index in [0.717, 1.165) is 31.1 Å². The molecular weight excluding hydrogens is 394 g/mol. The molecule has 3 aromatic rings. The summed E-state index contributed by atoms with van der Waals surface area (Å²) in [4.78, 5) is 35.1. The quantitative estimate of drug-likeness (QED) is 0.652. The van der Waals surface area contributed by atoms with E-state index in [1.54, 1.807) is 44.8 Å². The fraction of sp³-hybridized carbons (Fsp3) is 0.375. The van der Waals surface area contributed by atoms with E-state index in [2.05, 4.69) is 9.97 Å². The van der Waals surface area contributed by atoms with Gasteiger partial charge < -0.3 is 19.4 Å². The number of aromatic amines is 1. The highest BCUT2D eigenvalue weighted by atomic mass is 16.5. The van der Waals surface area contributed by atoms with Gasteiger partial charge in [-0.05, 0) is 37.1 Å². The SMILES string of the molecule is COc1cc2cc(CN(C(=O)c3cccnc3)C3CCCCC3)c(=O)[nH]c2cc1OC. The summed E-state index contributed by atoms with van der Waals surface area (Å²) >= 11 is 0. The maximum absolute atomic E-state index is 13.3. The maximum atomic E-state index is 13.3. The van der Waals surface area contributed by atoms with E-state index in [4.69, 9.17) is 9.47 Å². The number of amides is 1. The molecule has 162 valence electrons. The smallest absolute Gasteiger partial charge is 0.255 e. The number of nitrogens with zero attached hydrogens (tertiary/aromatic N) is 2. The Morgan fingerprint density at radius 3 is 2.55 bits per heavy atom. The Hall–Kier alpha value is -3.35. The fourth-order valence-electron chi connectivity index (χ4n) is 4.29. The van der Waals surface area contributed by atoms with Gasteiger partial charge in [0.2, 0.25) is 0 Å². The van der Waals surface area contributed by atoms with Crippen molar-refractivity contribution in [1.82, 2.24) is 14.9 Å². The van der Waals surface area contributed by atoms with Gasteiger partial charge in [-0.25, -0.2) is 0 Å². The normalized spacial score (nSPS) is 14.4. The summed E-state index contributed by atoms with van der Waals surface area (Å²) in [6.45, 7) is 0.248. The molecule has 7 heteroatoms. The number of rotatable bonds is 6. The van der Waals surface area contributed by atoms with Crippen LogP contribution in [0.1, 0.15) is 48.0 Å². The van der Waals surface area contributed by atoms with Gasteiger partial charge in [-0.15, -0.1) is 0 Å². The summed E-state index contributed by atoms with van der Waals surface area (Å²) in [6.07, 6.45) is 8.49. The average molecular weight is 421 g/mol. The van der Waals surface area contributed by atoms with Crippen LogP contribution in [0.15, 0.2) is 47.5 Å². The first-order valence-corrected chi connectivity index (χ1v) is 10.6. The molecule has 1 fully saturated rings. The molecule has 1 aromatic carbocycles. The van der Waals surface area contributed by atoms with Crippen LogP contribution in [-0.4, -0.2) is 41.0 Å². The summed E-state index contributed by atoms with van der Waals surface area (Å²) in [5, 5.41) is 0.824. The summed E-state index contributed by atoms with van der Waals surface area (Å²) in [5.74, 6) is 1.05. The van der Waals surface area contributed by atoms with E-state index in [0.29, 0.717) is 28.1 Å². The number of H-pyrrole nitrogens is 1. The predicted octanol–water partition coefficient (Wildman–Crippen LogP) is 3.92. The van der Waals surface area contributed by atoms with Gasteiger partial charge in [0.15, 0.2) is 11.5 Å². The van der Waals surface area contributed by atoms with E-state index in [9.17, 15) is 9.59 Å². The van der Waals surface area contributed by atoms with Crippen LogP contribution in [0.3, 0.4) is 0 Å². The molecular formula is C24H27N3O4. The molecule has 1 aliphatic carbocycles. The minimum atomic E-state index is -0.209. The number of pyridine rings is 2. The lowest BCUT2D eigenvalue weighted by Crippen LogP contribution is -2.42. The summed E-state index contributed by atoms with van der Waals surface area (Å²) in [5.41, 5.74) is 1.54. The molecule has 0 aliphatic heterocycles. The van der Waals surface area contributed by atoms with Crippen LogP contribution in [-0.2, 0) is 6.54 Å². The number of methoxy groups -OCH3 is 2. The van der Waals surface area contributed by atoms with Crippen molar-refractivity contribution in [2.45, 2.75) is 44.7 Å². The number of hydrogen-bond acceptors (Lipinski definition) is 5. The van der Waals surface area contributed by atoms with Crippen LogP contribution in [0, 0.1) is 0 Å². The standard InChI is InChI=1S/C24H27N3O4/c1-30-21-12-17-11-18(23(28)26-20(17)13-22(21)31-2)15-27(19-8-4-3-5-9-19)24(29)16-7-6-10-25-14-16/h6-7,10-14,19H,3-5,8-9,15H2,1-2H3,(H,26,28). The van der Waals surface area contributed by atoms with Gasteiger partial charge in [0.05, 0.1) is 31.8 Å². The van der Waals surface area contributed by atoms with Gasteiger partial charge in [0.1, 0.15) is 0 Å². The Labute approximate surface area is 181 Å². The molecule has 0 spiro atoms. The van der Waals surface area contributed by atoms with Gasteiger partial charge in [0.25, 0.3) is 11.5 Å². The van der Waals surface area contributed by atoms with Crippen LogP contribution in [0.25, 0.3) is 10.9 Å². The van der Waals surface area contributed by atoms with E-state index >= 15 is 0 Å². The van der Waals surface area contributed by atoms with Gasteiger partial charge in [-0.3, -0.25) is 14.6 Å². The van der Waals surface area contributed by atoms with E-state index in [1.807, 2.05) is 17.0 Å². The molecule has 0 unspecified atom stereocenters. The van der Waals surface area contributed by atoms with Gasteiger partial charge in [0, 0.05) is 35.5 Å². The number of ether oxygens (including phenoxy) is 2. The van der Waals surface area contributed by atoms with Crippen molar-refractivity contribution in [3.8, 4) is 11.5 Å². The predicted molar refractivity (Wildman–Crippen MR) is 119 cm³/mol. The van der Waals surface area contributed by atoms with Crippen molar-refractivity contribution in [2.75, 3.05) is 14.2 Å². The van der Waals surface area contributed by atoms with Crippen molar-refractivity contribution in [2.24, 2.45) is 0 Å². The third-order valence-corrected chi connectivity index (χ3v) is 5.95. The van der Waals surface area contributed by atoms with Crippen molar-refractivity contribution in [1.29, 1.82) is 0 Å². The Bertz CT molecular complexity index is 1120. The summed E-state index contributed by atoms with van der Waals surface area (Å²) in [6, 6.07) is 9.06. The largest absolute Gasteiger partial charge is 0.493 e. The van der Waals surface area contributed by atoms with Crippen molar-refractivity contribution in [3.63, 3.8) is 0 Å². The lowest BCUT2D eigenvalue weighted by atomic mass is 9.93. The number of fused-ring (bicyclic) bond motifs is 1. The van der Waals surface area contributed by atoms with Gasteiger partial charge in [-0.1, -0.05) is 19.3 Å². The van der Waals surface area contributed by atoms with Gasteiger partial charge in [-0.2, -0.15) is 0 Å². The molecule has 31 heavy (non-hydrogen) atoms. The zero-order valence-electron chi connectivity index (χ0n) is 17.9. The highest BCUT2D eigenvalue weighted by molar-refractivity contribution is 5.94. The topological polar surface area (TPSA) is 84.5 Å². The number of nitrogens with one attached hydrogen (secondary N) is 1. The average Bonchev–Trinajstić information content (AvgIpc) is 2.82. The van der Waals surface area contributed by atoms with Crippen molar-refractivity contribution < 1.29 is 14.3 Å². The minimum absolute atomic E-state index is 0.0909. The third-order valence-electron chi connectivity index (χ3n) is 5.95. The molecule has 2 heterocycles. The molecule has 0 atom stereocenters. The molecule has 0 bridgehead atoms. The van der Waals surface area contributed by atoms with E-state index in [-0.39, 0.29) is 24.1 Å². The molecule has 0 radical (unpaired) electrons. The van der Waals surface area contributed by atoms with Crippen LogP contribution in [0.5, 0.6) is 11.5 Å². The zero-order valence-corrected chi connectivity index (χ0v) is 17.9. The second kappa shape index (κ2) is 9.20. The maximum Gasteiger partial charge on any atom is 0.255 e. The molecule has 2 aromatic heterocycles. The number of benzene rings is 1. The zero-order chi connectivity index (χ0) is 21.8. The van der Waals surface area contributed by atoms with E-state index < -0.39 is 0 Å². The van der Waals surface area contributed by atoms with Crippen LogP contribution < -0.4 is 15.0 Å². The Kier molecular flexibility index (Phi) is 6.21. The van der Waals surface area contributed by atoms with Crippen molar-refractivity contribution in [3.05, 3.63) is 64.2 Å². The van der Waals surface area contributed by atoms with Crippen LogP contribution in [0.2, 0.25) is 0 Å². The molecule has 0 saturated heterocycles. The van der Waals surface area contributed by atoms with Crippen LogP contribution >= 0.6 is 0 Å².